The predicted octanol–water partition coefficient (Wildman–Crippen LogP) is 4.35. The summed E-state index contributed by atoms with van der Waals surface area (Å²) in [5.74, 6) is 1.74. The summed E-state index contributed by atoms with van der Waals surface area (Å²) < 4.78 is 2.01. The fourth-order valence-corrected chi connectivity index (χ4v) is 7.02. The second-order valence-corrected chi connectivity index (χ2v) is 13.8. The number of pyridine rings is 1. The minimum Gasteiger partial charge on any atom is -0.400 e. The molecular formula is C40H50N10O4. The van der Waals surface area contributed by atoms with E-state index >= 15 is 0 Å². The highest BCUT2D eigenvalue weighted by atomic mass is 16.3. The first kappa shape index (κ1) is 38.3. The van der Waals surface area contributed by atoms with Crippen LogP contribution in [0.1, 0.15) is 55.2 Å². The van der Waals surface area contributed by atoms with Crippen molar-refractivity contribution in [1.29, 1.82) is 0 Å². The molecule has 4 heterocycles. The quantitative estimate of drug-likeness (QED) is 0.106. The Kier molecular flexibility index (Phi) is 13.2. The lowest BCUT2D eigenvalue weighted by molar-refractivity contribution is -0.108. The summed E-state index contributed by atoms with van der Waals surface area (Å²) in [6, 6.07) is 24.2. The number of nitrogens with one attached hydrogen (secondary N) is 4. The van der Waals surface area contributed by atoms with Crippen molar-refractivity contribution in [2.45, 2.75) is 62.3 Å². The normalized spacial score (nSPS) is 20.4. The SMILES string of the molecule is CNC1CC(n2cnc3c(NCC(c4ccccc4)c4ccccc4)nc(N4CC[C@@H](NC(=O)Nc5cccnc5)C4)nc32)[C@H](O)C1.CO.O=CC1CC1. The summed E-state index contributed by atoms with van der Waals surface area (Å²) in [6.07, 6.45) is 10.0. The Labute approximate surface area is 315 Å². The molecule has 5 aromatic rings. The molecule has 2 aliphatic carbocycles. The summed E-state index contributed by atoms with van der Waals surface area (Å²) in [7, 11) is 2.93. The first-order chi connectivity index (χ1) is 26.5. The number of anilines is 3. The van der Waals surface area contributed by atoms with Gasteiger partial charge in [0.15, 0.2) is 17.0 Å². The van der Waals surface area contributed by atoms with E-state index in [1.165, 1.54) is 11.1 Å². The third kappa shape index (κ3) is 9.56. The van der Waals surface area contributed by atoms with Gasteiger partial charge in [0.1, 0.15) is 6.29 Å². The maximum absolute atomic E-state index is 12.7. The van der Waals surface area contributed by atoms with Crippen LogP contribution in [0.5, 0.6) is 0 Å². The average molecular weight is 735 g/mol. The largest absolute Gasteiger partial charge is 0.400 e. The van der Waals surface area contributed by atoms with Gasteiger partial charge in [0.25, 0.3) is 0 Å². The number of hydrogen-bond acceptors (Lipinski definition) is 11. The number of urea groups is 1. The molecule has 3 fully saturated rings. The van der Waals surface area contributed by atoms with Gasteiger partial charge in [-0.25, -0.2) is 9.78 Å². The van der Waals surface area contributed by atoms with Gasteiger partial charge in [-0.05, 0) is 62.4 Å². The molecule has 2 saturated carbocycles. The van der Waals surface area contributed by atoms with Crippen molar-refractivity contribution in [3.8, 4) is 0 Å². The molecular weight excluding hydrogens is 685 g/mol. The molecule has 14 nitrogen and oxygen atoms in total. The first-order valence-electron chi connectivity index (χ1n) is 18.5. The maximum atomic E-state index is 12.7. The topological polar surface area (TPSA) is 182 Å². The Bertz CT molecular complexity index is 1890. The van der Waals surface area contributed by atoms with Crippen molar-refractivity contribution in [2.75, 3.05) is 49.3 Å². The number of carbonyl (C=O) groups is 2. The van der Waals surface area contributed by atoms with Crippen LogP contribution in [0.2, 0.25) is 0 Å². The second kappa shape index (κ2) is 18.5. The van der Waals surface area contributed by atoms with E-state index in [0.717, 1.165) is 39.1 Å². The summed E-state index contributed by atoms with van der Waals surface area (Å²) in [6.45, 7) is 1.84. The zero-order valence-electron chi connectivity index (χ0n) is 30.8. The molecule has 0 bridgehead atoms. The van der Waals surface area contributed by atoms with E-state index < -0.39 is 6.10 Å². The summed E-state index contributed by atoms with van der Waals surface area (Å²) in [5.41, 5.74) is 4.38. The molecule has 54 heavy (non-hydrogen) atoms. The van der Waals surface area contributed by atoms with Crippen LogP contribution >= 0.6 is 0 Å². The average Bonchev–Trinajstić information content (AvgIpc) is 3.59. The van der Waals surface area contributed by atoms with Crippen molar-refractivity contribution in [1.82, 2.24) is 35.1 Å². The molecule has 2 aromatic carbocycles. The number of aromatic nitrogens is 5. The molecule has 8 rings (SSSR count). The lowest BCUT2D eigenvalue weighted by Crippen LogP contribution is -2.40. The Hall–Kier alpha value is -5.44. The molecule has 284 valence electrons. The number of benzene rings is 2. The fourth-order valence-electron chi connectivity index (χ4n) is 7.02. The highest BCUT2D eigenvalue weighted by Gasteiger charge is 2.35. The van der Waals surface area contributed by atoms with E-state index in [0.29, 0.717) is 60.6 Å². The van der Waals surface area contributed by atoms with Gasteiger partial charge in [-0.3, -0.25) is 4.98 Å². The number of rotatable bonds is 11. The van der Waals surface area contributed by atoms with Gasteiger partial charge in [-0.15, -0.1) is 0 Å². The Morgan fingerprint density at radius 2 is 1.67 bits per heavy atom. The highest BCUT2D eigenvalue weighted by molar-refractivity contribution is 5.89. The lowest BCUT2D eigenvalue weighted by Gasteiger charge is -2.22. The first-order valence-corrected chi connectivity index (χ1v) is 18.5. The van der Waals surface area contributed by atoms with Crippen molar-refractivity contribution >= 4 is 40.9 Å². The van der Waals surface area contributed by atoms with Crippen molar-refractivity contribution < 1.29 is 19.8 Å². The monoisotopic (exact) mass is 734 g/mol. The number of aldehydes is 1. The molecule has 4 atom stereocenters. The smallest absolute Gasteiger partial charge is 0.319 e. The Morgan fingerprint density at radius 3 is 2.26 bits per heavy atom. The maximum Gasteiger partial charge on any atom is 0.319 e. The number of nitrogens with zero attached hydrogens (tertiary/aromatic N) is 6. The molecule has 2 unspecified atom stereocenters. The van der Waals surface area contributed by atoms with Crippen LogP contribution in [0, 0.1) is 5.92 Å². The number of fused-ring (bicyclic) bond motifs is 1. The predicted molar refractivity (Wildman–Crippen MR) is 210 cm³/mol. The van der Waals surface area contributed by atoms with E-state index in [4.69, 9.17) is 20.1 Å². The van der Waals surface area contributed by atoms with Crippen LogP contribution in [-0.2, 0) is 4.79 Å². The molecule has 1 aliphatic heterocycles. The van der Waals surface area contributed by atoms with Crippen molar-refractivity contribution in [2.24, 2.45) is 5.92 Å². The number of aliphatic hydroxyl groups excluding tert-OH is 2. The zero-order valence-corrected chi connectivity index (χ0v) is 30.8. The third-order valence-corrected chi connectivity index (χ3v) is 10.1. The zero-order chi connectivity index (χ0) is 37.9. The highest BCUT2D eigenvalue weighted by Crippen LogP contribution is 2.35. The number of hydrogen-bond donors (Lipinski definition) is 6. The van der Waals surface area contributed by atoms with Gasteiger partial charge >= 0.3 is 6.03 Å². The van der Waals surface area contributed by atoms with E-state index in [2.05, 4.69) is 79.7 Å². The molecule has 0 spiro atoms. The van der Waals surface area contributed by atoms with Crippen LogP contribution in [-0.4, -0.2) is 99.0 Å². The summed E-state index contributed by atoms with van der Waals surface area (Å²) >= 11 is 0. The minimum atomic E-state index is -0.515. The second-order valence-electron chi connectivity index (χ2n) is 13.8. The Balaban J connectivity index is 0.000000648. The fraction of sp³-hybridized carbons (Fsp3) is 0.400. The van der Waals surface area contributed by atoms with Crippen LogP contribution in [0.3, 0.4) is 0 Å². The molecule has 3 aliphatic rings. The molecule has 0 radical (unpaired) electrons. The summed E-state index contributed by atoms with van der Waals surface area (Å²) in [5, 5.41) is 30.9. The number of imidazole rings is 1. The number of amides is 2. The third-order valence-electron chi connectivity index (χ3n) is 10.1. The van der Waals surface area contributed by atoms with Crippen LogP contribution < -0.4 is 26.2 Å². The number of carbonyl (C=O) groups excluding carboxylic acids is 2. The molecule has 1 saturated heterocycles. The van der Waals surface area contributed by atoms with Gasteiger partial charge in [-0.1, -0.05) is 60.7 Å². The molecule has 2 amide bonds. The van der Waals surface area contributed by atoms with Gasteiger partial charge in [0, 0.05) is 56.9 Å². The van der Waals surface area contributed by atoms with E-state index in [9.17, 15) is 14.7 Å². The molecule has 3 aromatic heterocycles. The molecule has 14 heteroatoms. The van der Waals surface area contributed by atoms with Gasteiger partial charge in [0.2, 0.25) is 5.95 Å². The van der Waals surface area contributed by atoms with Crippen molar-refractivity contribution in [3.05, 3.63) is 103 Å². The standard InChI is InChI=1S/C35H40N10O2.C4H6O.CH4O/c1-36-27-17-29(30(46)18-27)45-22-39-31-32(38-20-28(23-9-4-2-5-10-23)24-11-6-3-7-12-24)42-34(43-33(31)45)44-16-14-26(21-44)41-35(47)40-25-13-8-15-37-19-25;5-3-4-1-2-4;1-2/h2-13,15,19,22,26-30,36,46H,14,16-18,20-21H2,1H3,(H,38,42,43)(H2,40,41,47);3-4H,1-2H2;2H,1H3/t26-,27?,29?,30-;;/m1../s1. The Morgan fingerprint density at radius 1 is 0.944 bits per heavy atom. The number of aliphatic hydroxyl groups is 2. The van der Waals surface area contributed by atoms with Crippen LogP contribution in [0.15, 0.2) is 91.5 Å². The van der Waals surface area contributed by atoms with E-state index in [-0.39, 0.29) is 30.1 Å². The van der Waals surface area contributed by atoms with Gasteiger partial charge < -0.3 is 45.7 Å². The van der Waals surface area contributed by atoms with E-state index in [1.807, 2.05) is 23.7 Å². The van der Waals surface area contributed by atoms with Crippen LogP contribution in [0.4, 0.5) is 22.2 Å². The molecule has 6 N–H and O–H groups in total. The summed E-state index contributed by atoms with van der Waals surface area (Å²) in [4.78, 5) is 43.3. The van der Waals surface area contributed by atoms with E-state index in [1.54, 1.807) is 30.9 Å². The van der Waals surface area contributed by atoms with Gasteiger partial charge in [0.05, 0.1) is 30.4 Å². The van der Waals surface area contributed by atoms with Crippen molar-refractivity contribution in [3.63, 3.8) is 0 Å². The lowest BCUT2D eigenvalue weighted by atomic mass is 9.91. The van der Waals surface area contributed by atoms with Crippen LogP contribution in [0.25, 0.3) is 11.2 Å². The van der Waals surface area contributed by atoms with Gasteiger partial charge in [-0.2, -0.15) is 9.97 Å². The minimum absolute atomic E-state index is 0.0825.